The van der Waals surface area contributed by atoms with Gasteiger partial charge in [-0.2, -0.15) is 0 Å². The Hall–Kier alpha value is -2.08. The number of esters is 1. The Bertz CT molecular complexity index is 903. The monoisotopic (exact) mass is 420 g/mol. The second-order valence-electron chi connectivity index (χ2n) is 7.12. The molecule has 148 valence electrons. The Balaban J connectivity index is 1.93. The Morgan fingerprint density at radius 2 is 1.96 bits per heavy atom. The largest absolute Gasteiger partial charge is 0.469 e. The molecule has 0 saturated carbocycles. The molecule has 2 aromatic carbocycles. The maximum absolute atomic E-state index is 13.1. The van der Waals surface area contributed by atoms with Crippen molar-refractivity contribution in [3.8, 4) is 0 Å². The van der Waals surface area contributed by atoms with Crippen LogP contribution in [0.4, 0.5) is 5.69 Å². The zero-order valence-electron chi connectivity index (χ0n) is 15.7. The highest BCUT2D eigenvalue weighted by Gasteiger charge is 2.46. The van der Waals surface area contributed by atoms with Crippen molar-refractivity contribution in [2.24, 2.45) is 5.92 Å². The van der Waals surface area contributed by atoms with Crippen LogP contribution in [0.2, 0.25) is 10.0 Å². The van der Waals surface area contributed by atoms with Crippen LogP contribution in [0.1, 0.15) is 24.5 Å². The van der Waals surface area contributed by atoms with Crippen LogP contribution in [0.15, 0.2) is 42.5 Å². The van der Waals surface area contributed by atoms with Crippen molar-refractivity contribution in [2.75, 3.05) is 19.0 Å². The minimum Gasteiger partial charge on any atom is -0.469 e. The summed E-state index contributed by atoms with van der Waals surface area (Å²) in [5, 5.41) is 7.51. The molecule has 0 aromatic heterocycles. The van der Waals surface area contributed by atoms with E-state index in [-0.39, 0.29) is 24.2 Å². The molecule has 0 bridgehead atoms. The Morgan fingerprint density at radius 3 is 2.68 bits per heavy atom. The summed E-state index contributed by atoms with van der Waals surface area (Å²) in [5.74, 6) is -0.441. The molecule has 3 rings (SSSR count). The predicted octanol–water partition coefficient (Wildman–Crippen LogP) is 4.17. The third-order valence-electron chi connectivity index (χ3n) is 4.93. The second kappa shape index (κ2) is 8.52. The number of amides is 1. The molecule has 0 fully saturated rings. The zero-order valence-corrected chi connectivity index (χ0v) is 17.2. The number of anilines is 1. The Labute approximate surface area is 174 Å². The summed E-state index contributed by atoms with van der Waals surface area (Å²) in [4.78, 5) is 24.7. The number of halogens is 2. The van der Waals surface area contributed by atoms with E-state index in [0.717, 1.165) is 11.1 Å². The van der Waals surface area contributed by atoms with E-state index in [1.165, 1.54) is 7.11 Å². The van der Waals surface area contributed by atoms with Crippen molar-refractivity contribution in [3.63, 3.8) is 0 Å². The SMILES string of the molecule is COC(=O)CC(C)CNC1(Cc2cccc(Cl)c2)C(=O)Nc2cc(Cl)ccc21. The van der Waals surface area contributed by atoms with Crippen molar-refractivity contribution in [3.05, 3.63) is 63.6 Å². The standard InChI is InChI=1S/C21H22Cl2N2O3/c1-13(8-19(26)28-2)12-24-21(11-14-4-3-5-15(22)9-14)17-7-6-16(23)10-18(17)25-20(21)27/h3-7,9-10,13,24H,8,11-12H2,1-2H3,(H,25,27). The van der Waals surface area contributed by atoms with Crippen LogP contribution >= 0.6 is 23.2 Å². The molecule has 0 aliphatic carbocycles. The van der Waals surface area contributed by atoms with Gasteiger partial charge in [0.25, 0.3) is 0 Å². The average Bonchev–Trinajstić information content (AvgIpc) is 2.91. The third kappa shape index (κ3) is 4.32. The van der Waals surface area contributed by atoms with Gasteiger partial charge in [0, 0.05) is 34.1 Å². The lowest BCUT2D eigenvalue weighted by Crippen LogP contribution is -2.51. The molecule has 5 nitrogen and oxygen atoms in total. The highest BCUT2D eigenvalue weighted by Crippen LogP contribution is 2.40. The number of carbonyl (C=O) groups is 2. The quantitative estimate of drug-likeness (QED) is 0.659. The highest BCUT2D eigenvalue weighted by molar-refractivity contribution is 6.31. The number of benzene rings is 2. The van der Waals surface area contributed by atoms with E-state index >= 15 is 0 Å². The summed E-state index contributed by atoms with van der Waals surface area (Å²) in [6.07, 6.45) is 0.685. The lowest BCUT2D eigenvalue weighted by atomic mass is 9.84. The van der Waals surface area contributed by atoms with Gasteiger partial charge in [0.2, 0.25) is 5.91 Å². The number of rotatable bonds is 7. The fourth-order valence-corrected chi connectivity index (χ4v) is 3.88. The van der Waals surface area contributed by atoms with Gasteiger partial charge < -0.3 is 10.1 Å². The summed E-state index contributed by atoms with van der Waals surface area (Å²) in [7, 11) is 1.37. The topological polar surface area (TPSA) is 67.4 Å². The number of methoxy groups -OCH3 is 1. The fourth-order valence-electron chi connectivity index (χ4n) is 3.50. The van der Waals surface area contributed by atoms with Crippen LogP contribution < -0.4 is 10.6 Å². The smallest absolute Gasteiger partial charge is 0.305 e. The van der Waals surface area contributed by atoms with Gasteiger partial charge >= 0.3 is 5.97 Å². The van der Waals surface area contributed by atoms with Gasteiger partial charge in [-0.3, -0.25) is 14.9 Å². The van der Waals surface area contributed by atoms with Crippen molar-refractivity contribution in [1.29, 1.82) is 0 Å². The first-order valence-electron chi connectivity index (χ1n) is 9.02. The normalized spacial score (nSPS) is 19.1. The molecule has 2 aromatic rings. The zero-order chi connectivity index (χ0) is 20.3. The van der Waals surface area contributed by atoms with Crippen molar-refractivity contribution >= 4 is 40.8 Å². The number of hydrogen-bond donors (Lipinski definition) is 2. The van der Waals surface area contributed by atoms with E-state index < -0.39 is 5.54 Å². The minimum atomic E-state index is -0.977. The van der Waals surface area contributed by atoms with E-state index in [1.807, 2.05) is 31.2 Å². The van der Waals surface area contributed by atoms with E-state index in [1.54, 1.807) is 18.2 Å². The average molecular weight is 421 g/mol. The molecule has 2 N–H and O–H groups in total. The number of fused-ring (bicyclic) bond motifs is 1. The molecule has 1 heterocycles. The lowest BCUT2D eigenvalue weighted by Gasteiger charge is -2.30. The van der Waals surface area contributed by atoms with Gasteiger partial charge in [-0.1, -0.05) is 48.3 Å². The van der Waals surface area contributed by atoms with Crippen LogP contribution in [0.5, 0.6) is 0 Å². The molecule has 0 saturated heterocycles. The number of carbonyl (C=O) groups excluding carboxylic acids is 2. The van der Waals surface area contributed by atoms with Gasteiger partial charge in [0.05, 0.1) is 7.11 Å². The maximum atomic E-state index is 13.1. The fraction of sp³-hybridized carbons (Fsp3) is 0.333. The molecular formula is C21H22Cl2N2O3. The lowest BCUT2D eigenvalue weighted by molar-refractivity contribution is -0.141. The van der Waals surface area contributed by atoms with Crippen LogP contribution in [-0.4, -0.2) is 25.5 Å². The molecule has 1 amide bonds. The van der Waals surface area contributed by atoms with Crippen molar-refractivity contribution in [1.82, 2.24) is 5.32 Å². The molecule has 1 aliphatic rings. The van der Waals surface area contributed by atoms with Crippen LogP contribution in [0.25, 0.3) is 0 Å². The molecule has 2 unspecified atom stereocenters. The van der Waals surface area contributed by atoms with Crippen molar-refractivity contribution in [2.45, 2.75) is 25.3 Å². The van der Waals surface area contributed by atoms with Crippen molar-refractivity contribution < 1.29 is 14.3 Å². The Morgan fingerprint density at radius 1 is 1.21 bits per heavy atom. The van der Waals surface area contributed by atoms with Gasteiger partial charge in [-0.25, -0.2) is 0 Å². The minimum absolute atomic E-state index is 0.00663. The molecular weight excluding hydrogens is 399 g/mol. The van der Waals surface area contributed by atoms with Gasteiger partial charge in [0.15, 0.2) is 0 Å². The summed E-state index contributed by atoms with van der Waals surface area (Å²) in [6, 6.07) is 12.8. The maximum Gasteiger partial charge on any atom is 0.305 e. The van der Waals surface area contributed by atoms with E-state index in [4.69, 9.17) is 27.9 Å². The first-order valence-corrected chi connectivity index (χ1v) is 9.77. The molecule has 2 atom stereocenters. The summed E-state index contributed by atoms with van der Waals surface area (Å²) < 4.78 is 4.74. The van der Waals surface area contributed by atoms with E-state index in [0.29, 0.717) is 28.7 Å². The van der Waals surface area contributed by atoms with Gasteiger partial charge in [-0.05, 0) is 42.3 Å². The molecule has 7 heteroatoms. The molecule has 28 heavy (non-hydrogen) atoms. The van der Waals surface area contributed by atoms with Gasteiger partial charge in [0.1, 0.15) is 5.54 Å². The predicted molar refractivity (Wildman–Crippen MR) is 111 cm³/mol. The molecule has 0 spiro atoms. The Kier molecular flexibility index (Phi) is 6.28. The first kappa shape index (κ1) is 20.6. The van der Waals surface area contributed by atoms with Crippen LogP contribution in [-0.2, 0) is 26.3 Å². The summed E-state index contributed by atoms with van der Waals surface area (Å²) >= 11 is 12.2. The van der Waals surface area contributed by atoms with Crippen LogP contribution in [0.3, 0.4) is 0 Å². The third-order valence-corrected chi connectivity index (χ3v) is 5.40. The highest BCUT2D eigenvalue weighted by atomic mass is 35.5. The molecule has 1 aliphatic heterocycles. The van der Waals surface area contributed by atoms with E-state index in [2.05, 4.69) is 10.6 Å². The first-order chi connectivity index (χ1) is 13.3. The summed E-state index contributed by atoms with van der Waals surface area (Å²) in [6.45, 7) is 2.40. The van der Waals surface area contributed by atoms with Crippen LogP contribution in [0, 0.1) is 5.92 Å². The number of nitrogens with one attached hydrogen (secondary N) is 2. The second-order valence-corrected chi connectivity index (χ2v) is 8.00. The number of ether oxygens (including phenoxy) is 1. The molecule has 0 radical (unpaired) electrons. The number of hydrogen-bond acceptors (Lipinski definition) is 4. The summed E-state index contributed by atoms with van der Waals surface area (Å²) in [5.41, 5.74) is 1.47. The van der Waals surface area contributed by atoms with Gasteiger partial charge in [-0.15, -0.1) is 0 Å². The van der Waals surface area contributed by atoms with E-state index in [9.17, 15) is 9.59 Å².